The van der Waals surface area contributed by atoms with Crippen LogP contribution in [-0.2, 0) is 0 Å². The topological polar surface area (TPSA) is 42.0 Å². The Morgan fingerprint density at radius 1 is 1.08 bits per heavy atom. The second-order valence-electron chi connectivity index (χ2n) is 6.00. The zero-order chi connectivity index (χ0) is 16.9. The predicted molar refractivity (Wildman–Crippen MR) is 99.2 cm³/mol. The largest absolute Gasteiger partial charge is 0.352 e. The number of nitrogens with one attached hydrogen (secondary N) is 1. The number of amides is 1. The molecule has 3 nitrogen and oxygen atoms in total. The number of unbranched alkanes of at least 4 members (excludes halogenated alkanes) is 1. The number of carbonyl (C=O) groups is 1. The minimum atomic E-state index is -0.0307. The van der Waals surface area contributed by atoms with Crippen LogP contribution in [0.3, 0.4) is 0 Å². The molecule has 0 atom stereocenters. The lowest BCUT2D eigenvalue weighted by molar-refractivity contribution is 0.0955. The van der Waals surface area contributed by atoms with E-state index in [1.54, 1.807) is 0 Å². The van der Waals surface area contributed by atoms with Gasteiger partial charge in [-0.05, 0) is 31.0 Å². The fraction of sp³-hybridized carbons (Fsp3) is 0.238. The number of carbonyl (C=O) groups excluding carboxylic acids is 1. The summed E-state index contributed by atoms with van der Waals surface area (Å²) in [6, 6.07) is 17.8. The van der Waals surface area contributed by atoms with E-state index in [1.807, 2.05) is 48.5 Å². The Hall–Kier alpha value is -2.68. The van der Waals surface area contributed by atoms with E-state index >= 15 is 0 Å². The number of para-hydroxylation sites is 1. The first kappa shape index (κ1) is 16.2. The van der Waals surface area contributed by atoms with Gasteiger partial charge in [-0.3, -0.25) is 4.79 Å². The molecule has 0 bridgehead atoms. The fourth-order valence-corrected chi connectivity index (χ4v) is 2.84. The van der Waals surface area contributed by atoms with Crippen LogP contribution in [0, 0.1) is 6.92 Å². The van der Waals surface area contributed by atoms with Crippen LogP contribution < -0.4 is 5.32 Å². The normalized spacial score (nSPS) is 10.8. The third-order valence-electron chi connectivity index (χ3n) is 4.20. The lowest BCUT2D eigenvalue weighted by Gasteiger charge is -2.11. The van der Waals surface area contributed by atoms with E-state index in [9.17, 15) is 4.79 Å². The average Bonchev–Trinajstić information content (AvgIpc) is 2.61. The first-order valence-corrected chi connectivity index (χ1v) is 8.44. The highest BCUT2D eigenvalue weighted by Gasteiger charge is 2.14. The molecule has 0 aliphatic carbocycles. The maximum absolute atomic E-state index is 12.7. The summed E-state index contributed by atoms with van der Waals surface area (Å²) in [6.07, 6.45) is 2.05. The van der Waals surface area contributed by atoms with Crippen LogP contribution in [0.2, 0.25) is 0 Å². The quantitative estimate of drug-likeness (QED) is 0.690. The summed E-state index contributed by atoms with van der Waals surface area (Å²) < 4.78 is 0. The molecule has 0 aliphatic rings. The molecule has 0 saturated carbocycles. The van der Waals surface area contributed by atoms with Crippen LogP contribution in [0.5, 0.6) is 0 Å². The van der Waals surface area contributed by atoms with Crippen LogP contribution >= 0.6 is 0 Å². The van der Waals surface area contributed by atoms with Crippen molar-refractivity contribution in [1.82, 2.24) is 10.3 Å². The van der Waals surface area contributed by atoms with Crippen LogP contribution in [0.4, 0.5) is 0 Å². The van der Waals surface area contributed by atoms with E-state index in [-0.39, 0.29) is 5.91 Å². The van der Waals surface area contributed by atoms with E-state index in [4.69, 9.17) is 4.98 Å². The zero-order valence-corrected chi connectivity index (χ0v) is 14.2. The fourth-order valence-electron chi connectivity index (χ4n) is 2.84. The molecule has 0 spiro atoms. The molecule has 1 N–H and O–H groups in total. The van der Waals surface area contributed by atoms with Gasteiger partial charge >= 0.3 is 0 Å². The van der Waals surface area contributed by atoms with Gasteiger partial charge < -0.3 is 5.32 Å². The number of aryl methyl sites for hydroxylation is 1. The van der Waals surface area contributed by atoms with E-state index in [0.29, 0.717) is 12.1 Å². The van der Waals surface area contributed by atoms with Crippen molar-refractivity contribution in [1.29, 1.82) is 0 Å². The second kappa shape index (κ2) is 7.26. The maximum atomic E-state index is 12.7. The molecule has 0 radical (unpaired) electrons. The Balaban J connectivity index is 2.10. The van der Waals surface area contributed by atoms with Gasteiger partial charge in [-0.1, -0.05) is 55.8 Å². The second-order valence-corrected chi connectivity index (χ2v) is 6.00. The van der Waals surface area contributed by atoms with Gasteiger partial charge in [-0.25, -0.2) is 4.98 Å². The number of benzene rings is 2. The first-order chi connectivity index (χ1) is 11.7. The number of nitrogens with zero attached hydrogens (tertiary/aromatic N) is 1. The van der Waals surface area contributed by atoms with Crippen LogP contribution in [0.1, 0.15) is 35.7 Å². The Morgan fingerprint density at radius 2 is 1.83 bits per heavy atom. The van der Waals surface area contributed by atoms with Gasteiger partial charge in [-0.15, -0.1) is 0 Å². The van der Waals surface area contributed by atoms with Gasteiger partial charge in [0.15, 0.2) is 0 Å². The van der Waals surface area contributed by atoms with Crippen LogP contribution in [0.15, 0.2) is 54.6 Å². The molecule has 24 heavy (non-hydrogen) atoms. The van der Waals surface area contributed by atoms with Crippen molar-refractivity contribution >= 4 is 16.8 Å². The van der Waals surface area contributed by atoms with Gasteiger partial charge in [0.2, 0.25) is 0 Å². The molecule has 0 saturated heterocycles. The number of rotatable bonds is 5. The van der Waals surface area contributed by atoms with Crippen molar-refractivity contribution in [3.05, 3.63) is 65.7 Å². The Kier molecular flexibility index (Phi) is 4.90. The average molecular weight is 318 g/mol. The van der Waals surface area contributed by atoms with Crippen LogP contribution in [0.25, 0.3) is 22.2 Å². The monoisotopic (exact) mass is 318 g/mol. The molecule has 3 rings (SSSR count). The minimum Gasteiger partial charge on any atom is -0.352 e. The molecule has 1 heterocycles. The van der Waals surface area contributed by atoms with E-state index in [1.165, 1.54) is 0 Å². The van der Waals surface area contributed by atoms with Crippen LogP contribution in [-0.4, -0.2) is 17.4 Å². The van der Waals surface area contributed by atoms with Crippen molar-refractivity contribution in [2.24, 2.45) is 0 Å². The SMILES string of the molecule is CCCCNC(=O)c1cc(-c2ccccc2C)nc2ccccc12. The summed E-state index contributed by atoms with van der Waals surface area (Å²) in [7, 11) is 0. The minimum absolute atomic E-state index is 0.0307. The third kappa shape index (κ3) is 3.30. The van der Waals surface area contributed by atoms with E-state index in [2.05, 4.69) is 25.2 Å². The third-order valence-corrected chi connectivity index (χ3v) is 4.20. The van der Waals surface area contributed by atoms with Gasteiger partial charge in [0, 0.05) is 17.5 Å². The molecule has 0 aliphatic heterocycles. The highest BCUT2D eigenvalue weighted by Crippen LogP contribution is 2.26. The predicted octanol–water partition coefficient (Wildman–Crippen LogP) is 4.74. The summed E-state index contributed by atoms with van der Waals surface area (Å²) in [5, 5.41) is 3.91. The molecule has 3 heteroatoms. The highest BCUT2D eigenvalue weighted by atomic mass is 16.1. The molecule has 122 valence electrons. The Bertz CT molecular complexity index is 871. The van der Waals surface area contributed by atoms with Gasteiger partial charge in [0.1, 0.15) is 0 Å². The van der Waals surface area contributed by atoms with Crippen molar-refractivity contribution in [2.75, 3.05) is 6.54 Å². The van der Waals surface area contributed by atoms with E-state index < -0.39 is 0 Å². The summed E-state index contributed by atoms with van der Waals surface area (Å²) in [5.41, 5.74) is 4.59. The standard InChI is InChI=1S/C21H22N2O/c1-3-4-13-22-21(24)18-14-20(16-10-6-5-9-15(16)2)23-19-12-8-7-11-17(18)19/h5-12,14H,3-4,13H2,1-2H3,(H,22,24). The summed E-state index contributed by atoms with van der Waals surface area (Å²) in [5.74, 6) is -0.0307. The molecule has 1 amide bonds. The van der Waals surface area contributed by atoms with Crippen molar-refractivity contribution in [3.8, 4) is 11.3 Å². The number of hydrogen-bond acceptors (Lipinski definition) is 2. The van der Waals surface area contributed by atoms with Gasteiger partial charge in [0.05, 0.1) is 16.8 Å². The summed E-state index contributed by atoms with van der Waals surface area (Å²) in [4.78, 5) is 17.4. The first-order valence-electron chi connectivity index (χ1n) is 8.44. The molecular formula is C21H22N2O. The smallest absolute Gasteiger partial charge is 0.252 e. The number of fused-ring (bicyclic) bond motifs is 1. The number of aromatic nitrogens is 1. The lowest BCUT2D eigenvalue weighted by atomic mass is 10.0. The van der Waals surface area contributed by atoms with Crippen molar-refractivity contribution in [3.63, 3.8) is 0 Å². The molecular weight excluding hydrogens is 296 g/mol. The summed E-state index contributed by atoms with van der Waals surface area (Å²) in [6.45, 7) is 4.88. The number of hydrogen-bond donors (Lipinski definition) is 1. The van der Waals surface area contributed by atoms with Gasteiger partial charge in [-0.2, -0.15) is 0 Å². The lowest BCUT2D eigenvalue weighted by Crippen LogP contribution is -2.24. The molecule has 1 aromatic heterocycles. The number of pyridine rings is 1. The zero-order valence-electron chi connectivity index (χ0n) is 14.2. The molecule has 2 aromatic carbocycles. The van der Waals surface area contributed by atoms with Crippen molar-refractivity contribution in [2.45, 2.75) is 26.7 Å². The van der Waals surface area contributed by atoms with E-state index in [0.717, 1.165) is 40.6 Å². The Labute approximate surface area is 142 Å². The maximum Gasteiger partial charge on any atom is 0.252 e. The molecule has 0 fully saturated rings. The Morgan fingerprint density at radius 3 is 2.62 bits per heavy atom. The van der Waals surface area contributed by atoms with Gasteiger partial charge in [0.25, 0.3) is 5.91 Å². The summed E-state index contributed by atoms with van der Waals surface area (Å²) >= 11 is 0. The van der Waals surface area contributed by atoms with Crippen molar-refractivity contribution < 1.29 is 4.79 Å². The molecule has 3 aromatic rings. The molecule has 0 unspecified atom stereocenters. The highest BCUT2D eigenvalue weighted by molar-refractivity contribution is 6.07.